The van der Waals surface area contributed by atoms with Crippen LogP contribution in [0.5, 0.6) is 5.75 Å². The Morgan fingerprint density at radius 3 is 2.60 bits per heavy atom. The number of benzene rings is 1. The molecule has 0 unspecified atom stereocenters. The van der Waals surface area contributed by atoms with E-state index in [0.717, 1.165) is 38.9 Å². The van der Waals surface area contributed by atoms with Gasteiger partial charge in [0.05, 0.1) is 0 Å². The molecule has 0 aliphatic carbocycles. The van der Waals surface area contributed by atoms with Gasteiger partial charge in [0.15, 0.2) is 11.6 Å². The zero-order chi connectivity index (χ0) is 14.4. The van der Waals surface area contributed by atoms with E-state index >= 15 is 0 Å². The Balaban J connectivity index is 1.73. The SMILES string of the molecule is CCC1(CO)CCN(CCOc2ccccc2F)CC1. The predicted octanol–water partition coefficient (Wildman–Crippen LogP) is 2.69. The molecular formula is C16H24FNO2. The molecule has 0 amide bonds. The summed E-state index contributed by atoms with van der Waals surface area (Å²) >= 11 is 0. The second-order valence-corrected chi connectivity index (χ2v) is 5.63. The highest BCUT2D eigenvalue weighted by molar-refractivity contribution is 5.23. The molecule has 0 spiro atoms. The molecule has 2 rings (SSSR count). The predicted molar refractivity (Wildman–Crippen MR) is 77.4 cm³/mol. The molecule has 1 fully saturated rings. The van der Waals surface area contributed by atoms with Crippen molar-refractivity contribution in [1.82, 2.24) is 4.90 Å². The van der Waals surface area contributed by atoms with E-state index in [2.05, 4.69) is 11.8 Å². The number of halogens is 1. The molecule has 0 aromatic heterocycles. The lowest BCUT2D eigenvalue weighted by Crippen LogP contribution is -2.43. The molecule has 1 aromatic carbocycles. The molecule has 0 radical (unpaired) electrons. The van der Waals surface area contributed by atoms with Gasteiger partial charge in [-0.1, -0.05) is 19.1 Å². The van der Waals surface area contributed by atoms with Crippen LogP contribution >= 0.6 is 0 Å². The van der Waals surface area contributed by atoms with Crippen molar-refractivity contribution in [2.75, 3.05) is 32.8 Å². The third-order valence-corrected chi connectivity index (χ3v) is 4.50. The number of para-hydroxylation sites is 1. The number of aliphatic hydroxyl groups is 1. The highest BCUT2D eigenvalue weighted by atomic mass is 19.1. The minimum absolute atomic E-state index is 0.114. The van der Waals surface area contributed by atoms with Crippen LogP contribution in [-0.2, 0) is 0 Å². The fraction of sp³-hybridized carbons (Fsp3) is 0.625. The second kappa shape index (κ2) is 7.04. The number of hydrogen-bond acceptors (Lipinski definition) is 3. The summed E-state index contributed by atoms with van der Waals surface area (Å²) in [5.74, 6) is 0.0131. The molecule has 1 aliphatic rings. The Morgan fingerprint density at radius 1 is 1.30 bits per heavy atom. The highest BCUT2D eigenvalue weighted by Gasteiger charge is 2.31. The van der Waals surface area contributed by atoms with E-state index in [4.69, 9.17) is 4.74 Å². The summed E-state index contributed by atoms with van der Waals surface area (Å²) < 4.78 is 18.9. The van der Waals surface area contributed by atoms with Gasteiger partial charge in [-0.05, 0) is 49.9 Å². The van der Waals surface area contributed by atoms with Crippen molar-refractivity contribution in [3.8, 4) is 5.75 Å². The smallest absolute Gasteiger partial charge is 0.165 e. The van der Waals surface area contributed by atoms with Gasteiger partial charge in [-0.2, -0.15) is 0 Å². The van der Waals surface area contributed by atoms with Gasteiger partial charge >= 0.3 is 0 Å². The summed E-state index contributed by atoms with van der Waals surface area (Å²) in [5, 5.41) is 9.50. The van der Waals surface area contributed by atoms with Crippen molar-refractivity contribution in [3.05, 3.63) is 30.1 Å². The fourth-order valence-corrected chi connectivity index (χ4v) is 2.72. The molecule has 0 atom stereocenters. The number of hydrogen-bond donors (Lipinski definition) is 1. The molecular weight excluding hydrogens is 257 g/mol. The Bertz CT molecular complexity index is 411. The molecule has 1 N–H and O–H groups in total. The Labute approximate surface area is 120 Å². The zero-order valence-corrected chi connectivity index (χ0v) is 12.1. The van der Waals surface area contributed by atoms with Gasteiger partial charge in [0.1, 0.15) is 6.61 Å². The molecule has 20 heavy (non-hydrogen) atoms. The van der Waals surface area contributed by atoms with Crippen LogP contribution in [0.25, 0.3) is 0 Å². The molecule has 1 saturated heterocycles. The molecule has 3 nitrogen and oxygen atoms in total. The lowest BCUT2D eigenvalue weighted by molar-refractivity contribution is 0.0365. The van der Waals surface area contributed by atoms with Crippen LogP contribution in [0.4, 0.5) is 4.39 Å². The fourth-order valence-electron chi connectivity index (χ4n) is 2.72. The topological polar surface area (TPSA) is 32.7 Å². The third kappa shape index (κ3) is 3.70. The van der Waals surface area contributed by atoms with Gasteiger partial charge in [-0.15, -0.1) is 0 Å². The van der Waals surface area contributed by atoms with Gasteiger partial charge in [-0.3, -0.25) is 4.90 Å². The van der Waals surface area contributed by atoms with Crippen LogP contribution in [0.1, 0.15) is 26.2 Å². The van der Waals surface area contributed by atoms with E-state index in [1.165, 1.54) is 6.07 Å². The summed E-state index contributed by atoms with van der Waals surface area (Å²) in [6, 6.07) is 6.49. The average molecular weight is 281 g/mol. The van der Waals surface area contributed by atoms with Gasteiger partial charge < -0.3 is 9.84 Å². The van der Waals surface area contributed by atoms with Crippen molar-refractivity contribution in [2.24, 2.45) is 5.41 Å². The van der Waals surface area contributed by atoms with E-state index in [1.807, 2.05) is 0 Å². The quantitative estimate of drug-likeness (QED) is 0.870. The normalized spacial score (nSPS) is 18.9. The minimum Gasteiger partial charge on any atom is -0.489 e. The monoisotopic (exact) mass is 281 g/mol. The maximum absolute atomic E-state index is 13.4. The summed E-state index contributed by atoms with van der Waals surface area (Å²) in [6.07, 6.45) is 3.09. The van der Waals surface area contributed by atoms with Crippen molar-refractivity contribution < 1.29 is 14.2 Å². The van der Waals surface area contributed by atoms with Gasteiger partial charge in [-0.25, -0.2) is 4.39 Å². The first-order chi connectivity index (χ1) is 9.69. The van der Waals surface area contributed by atoms with Crippen LogP contribution in [0.2, 0.25) is 0 Å². The number of ether oxygens (including phenoxy) is 1. The summed E-state index contributed by atoms with van der Waals surface area (Å²) in [7, 11) is 0. The Morgan fingerprint density at radius 2 is 2.00 bits per heavy atom. The van der Waals surface area contributed by atoms with Crippen molar-refractivity contribution in [2.45, 2.75) is 26.2 Å². The highest BCUT2D eigenvalue weighted by Crippen LogP contribution is 2.33. The van der Waals surface area contributed by atoms with Crippen LogP contribution in [0.3, 0.4) is 0 Å². The first kappa shape index (κ1) is 15.3. The molecule has 112 valence electrons. The summed E-state index contributed by atoms with van der Waals surface area (Å²) in [4.78, 5) is 2.32. The second-order valence-electron chi connectivity index (χ2n) is 5.63. The third-order valence-electron chi connectivity index (χ3n) is 4.50. The van der Waals surface area contributed by atoms with Crippen molar-refractivity contribution in [3.63, 3.8) is 0 Å². The molecule has 0 saturated carbocycles. The number of piperidine rings is 1. The number of likely N-dealkylation sites (tertiary alicyclic amines) is 1. The van der Waals surface area contributed by atoms with Crippen molar-refractivity contribution >= 4 is 0 Å². The lowest BCUT2D eigenvalue weighted by atomic mass is 9.77. The van der Waals surface area contributed by atoms with Crippen LogP contribution in [0, 0.1) is 11.2 Å². The molecule has 1 aliphatic heterocycles. The maximum atomic E-state index is 13.4. The standard InChI is InChI=1S/C16H24FNO2/c1-2-16(13-19)7-9-18(10-8-16)11-12-20-15-6-4-3-5-14(15)17/h3-6,19H,2,7-13H2,1H3. The van der Waals surface area contributed by atoms with E-state index < -0.39 is 0 Å². The minimum atomic E-state index is -0.309. The van der Waals surface area contributed by atoms with E-state index in [1.54, 1.807) is 18.2 Å². The Hall–Kier alpha value is -1.13. The molecule has 1 aromatic rings. The van der Waals surface area contributed by atoms with Gasteiger partial charge in [0.25, 0.3) is 0 Å². The maximum Gasteiger partial charge on any atom is 0.165 e. The van der Waals surface area contributed by atoms with Crippen LogP contribution < -0.4 is 4.74 Å². The average Bonchev–Trinajstić information content (AvgIpc) is 2.50. The lowest BCUT2D eigenvalue weighted by Gasteiger charge is -2.40. The van der Waals surface area contributed by atoms with Crippen LogP contribution in [-0.4, -0.2) is 42.9 Å². The van der Waals surface area contributed by atoms with Gasteiger partial charge in [0, 0.05) is 13.2 Å². The number of rotatable bonds is 6. The first-order valence-electron chi connectivity index (χ1n) is 7.40. The molecule has 0 bridgehead atoms. The van der Waals surface area contributed by atoms with Gasteiger partial charge in [0.2, 0.25) is 0 Å². The summed E-state index contributed by atoms with van der Waals surface area (Å²) in [5.41, 5.74) is 0.114. The van der Waals surface area contributed by atoms with E-state index in [0.29, 0.717) is 12.4 Å². The van der Waals surface area contributed by atoms with Crippen molar-refractivity contribution in [1.29, 1.82) is 0 Å². The van der Waals surface area contributed by atoms with E-state index in [9.17, 15) is 9.50 Å². The molecule has 4 heteroatoms. The largest absolute Gasteiger partial charge is 0.489 e. The number of nitrogens with zero attached hydrogens (tertiary/aromatic N) is 1. The zero-order valence-electron chi connectivity index (χ0n) is 12.1. The summed E-state index contributed by atoms with van der Waals surface area (Å²) in [6.45, 7) is 5.69. The first-order valence-corrected chi connectivity index (χ1v) is 7.40. The molecule has 1 heterocycles. The Kier molecular flexibility index (Phi) is 5.38. The number of aliphatic hydroxyl groups excluding tert-OH is 1. The van der Waals surface area contributed by atoms with Crippen LogP contribution in [0.15, 0.2) is 24.3 Å². The van der Waals surface area contributed by atoms with E-state index in [-0.39, 0.29) is 17.8 Å².